The van der Waals surface area contributed by atoms with Gasteiger partial charge >= 0.3 is 0 Å². The van der Waals surface area contributed by atoms with Crippen LogP contribution in [-0.4, -0.2) is 51.2 Å². The smallest absolute Gasteiger partial charge is 0.269 e. The van der Waals surface area contributed by atoms with Crippen molar-refractivity contribution in [1.82, 2.24) is 25.0 Å². The van der Waals surface area contributed by atoms with Crippen LogP contribution in [0.4, 0.5) is 5.69 Å². The molecular formula is C17H25N7O2. The Morgan fingerprint density at radius 1 is 1.35 bits per heavy atom. The van der Waals surface area contributed by atoms with Crippen LogP contribution in [0.5, 0.6) is 0 Å². The van der Waals surface area contributed by atoms with Gasteiger partial charge in [0.15, 0.2) is 5.96 Å². The molecule has 0 atom stereocenters. The van der Waals surface area contributed by atoms with E-state index in [1.165, 1.54) is 6.33 Å². The molecule has 2 rings (SSSR count). The number of aryl methyl sites for hydroxylation is 2. The van der Waals surface area contributed by atoms with E-state index in [4.69, 9.17) is 0 Å². The Hall–Kier alpha value is -2.97. The van der Waals surface area contributed by atoms with E-state index >= 15 is 0 Å². The lowest BCUT2D eigenvalue weighted by Crippen LogP contribution is -2.39. The van der Waals surface area contributed by atoms with Gasteiger partial charge in [-0.1, -0.05) is 12.1 Å². The topological polar surface area (TPSA) is 101 Å². The van der Waals surface area contributed by atoms with Crippen LogP contribution in [0.2, 0.25) is 0 Å². The summed E-state index contributed by atoms with van der Waals surface area (Å²) in [6.45, 7) is 1.43. The minimum absolute atomic E-state index is 0.130. The number of hydrogen-bond donors (Lipinski definition) is 1. The molecule has 0 unspecified atom stereocenters. The number of hydrogen-bond acceptors (Lipinski definition) is 5. The second-order valence-electron chi connectivity index (χ2n) is 6.01. The highest BCUT2D eigenvalue weighted by atomic mass is 16.6. The zero-order chi connectivity index (χ0) is 18.9. The van der Waals surface area contributed by atoms with Crippen molar-refractivity contribution in [3.8, 4) is 0 Å². The first-order valence-electron chi connectivity index (χ1n) is 8.49. The zero-order valence-electron chi connectivity index (χ0n) is 15.4. The quantitative estimate of drug-likeness (QED) is 0.253. The fourth-order valence-electron chi connectivity index (χ4n) is 2.57. The third kappa shape index (κ3) is 5.54. The molecule has 9 heteroatoms. The minimum atomic E-state index is -0.378. The number of benzene rings is 1. The van der Waals surface area contributed by atoms with E-state index in [-0.39, 0.29) is 10.6 Å². The lowest BCUT2D eigenvalue weighted by molar-refractivity contribution is -0.384. The van der Waals surface area contributed by atoms with Crippen molar-refractivity contribution in [2.24, 2.45) is 12.0 Å². The zero-order valence-corrected chi connectivity index (χ0v) is 15.4. The predicted molar refractivity (Wildman–Crippen MR) is 99.9 cm³/mol. The molecule has 1 heterocycles. The number of guanidine groups is 1. The first-order chi connectivity index (χ1) is 12.5. The normalized spacial score (nSPS) is 11.4. The lowest BCUT2D eigenvalue weighted by atomic mass is 10.1. The van der Waals surface area contributed by atoms with E-state index in [1.807, 2.05) is 31.1 Å². The van der Waals surface area contributed by atoms with E-state index in [0.717, 1.165) is 43.2 Å². The molecule has 9 nitrogen and oxygen atoms in total. The molecule has 0 fully saturated rings. The van der Waals surface area contributed by atoms with Gasteiger partial charge in [-0.25, -0.2) is 4.98 Å². The van der Waals surface area contributed by atoms with Gasteiger partial charge in [-0.2, -0.15) is 5.10 Å². The number of nitro groups is 1. The van der Waals surface area contributed by atoms with Crippen LogP contribution in [0.15, 0.2) is 35.6 Å². The van der Waals surface area contributed by atoms with Crippen molar-refractivity contribution >= 4 is 11.6 Å². The Labute approximate surface area is 152 Å². The number of non-ortho nitro benzene ring substituents is 1. The second-order valence-corrected chi connectivity index (χ2v) is 6.01. The first kappa shape index (κ1) is 19.4. The van der Waals surface area contributed by atoms with Gasteiger partial charge in [0.25, 0.3) is 5.69 Å². The Balaban J connectivity index is 1.70. The van der Waals surface area contributed by atoms with Crippen LogP contribution >= 0.6 is 0 Å². The van der Waals surface area contributed by atoms with Gasteiger partial charge in [-0.05, 0) is 24.8 Å². The van der Waals surface area contributed by atoms with Crippen molar-refractivity contribution in [3.63, 3.8) is 0 Å². The van der Waals surface area contributed by atoms with E-state index in [0.29, 0.717) is 6.54 Å². The molecule has 1 aromatic heterocycles. The summed E-state index contributed by atoms with van der Waals surface area (Å²) >= 11 is 0. The molecule has 0 saturated carbocycles. The molecule has 140 valence electrons. The van der Waals surface area contributed by atoms with Gasteiger partial charge in [0, 0.05) is 39.8 Å². The van der Waals surface area contributed by atoms with Gasteiger partial charge in [-0.3, -0.25) is 19.8 Å². The van der Waals surface area contributed by atoms with Crippen LogP contribution < -0.4 is 5.32 Å². The van der Waals surface area contributed by atoms with Crippen LogP contribution in [0.3, 0.4) is 0 Å². The summed E-state index contributed by atoms with van der Waals surface area (Å²) in [7, 11) is 5.58. The highest BCUT2D eigenvalue weighted by Crippen LogP contribution is 2.13. The van der Waals surface area contributed by atoms with Crippen molar-refractivity contribution < 1.29 is 4.92 Å². The standard InChI is InChI=1S/C17H25N7O2/c1-18-17(22(2)12-16-20-13-21-23(16)3)19-11-5-4-6-14-7-9-15(10-8-14)24(25)26/h7-10,13H,4-6,11-12H2,1-3H3,(H,18,19). The SMILES string of the molecule is CN=C(NCCCCc1ccc([N+](=O)[O-])cc1)N(C)Cc1ncnn1C. The van der Waals surface area contributed by atoms with Crippen LogP contribution in [0.25, 0.3) is 0 Å². The largest absolute Gasteiger partial charge is 0.356 e. The highest BCUT2D eigenvalue weighted by molar-refractivity contribution is 5.79. The maximum atomic E-state index is 10.7. The van der Waals surface area contributed by atoms with Gasteiger partial charge in [0.1, 0.15) is 12.2 Å². The Morgan fingerprint density at radius 3 is 2.65 bits per heavy atom. The molecule has 0 aliphatic carbocycles. The number of nitro benzene ring substituents is 1. The summed E-state index contributed by atoms with van der Waals surface area (Å²) in [5, 5.41) is 18.1. The van der Waals surface area contributed by atoms with Gasteiger partial charge in [-0.15, -0.1) is 0 Å². The minimum Gasteiger partial charge on any atom is -0.356 e. The fraction of sp³-hybridized carbons (Fsp3) is 0.471. The highest BCUT2D eigenvalue weighted by Gasteiger charge is 2.09. The van der Waals surface area contributed by atoms with Crippen LogP contribution in [0.1, 0.15) is 24.2 Å². The van der Waals surface area contributed by atoms with Crippen LogP contribution in [-0.2, 0) is 20.0 Å². The van der Waals surface area contributed by atoms with Crippen LogP contribution in [0, 0.1) is 10.1 Å². The molecule has 26 heavy (non-hydrogen) atoms. The number of nitrogens with one attached hydrogen (secondary N) is 1. The summed E-state index contributed by atoms with van der Waals surface area (Å²) in [6, 6.07) is 6.74. The monoisotopic (exact) mass is 359 g/mol. The van der Waals surface area contributed by atoms with E-state index in [9.17, 15) is 10.1 Å². The van der Waals surface area contributed by atoms with Crippen molar-refractivity contribution in [2.75, 3.05) is 20.6 Å². The third-order valence-electron chi connectivity index (χ3n) is 4.08. The number of aliphatic imine (C=N–C) groups is 1. The molecule has 2 aromatic rings. The molecule has 0 aliphatic heterocycles. The fourth-order valence-corrected chi connectivity index (χ4v) is 2.57. The number of unbranched alkanes of at least 4 members (excludes halogenated alkanes) is 1. The van der Waals surface area contributed by atoms with Gasteiger partial charge in [0.05, 0.1) is 11.5 Å². The van der Waals surface area contributed by atoms with E-state index in [1.54, 1.807) is 23.9 Å². The Kier molecular flexibility index (Phi) is 7.07. The average Bonchev–Trinajstić information content (AvgIpc) is 3.03. The van der Waals surface area contributed by atoms with E-state index in [2.05, 4.69) is 20.4 Å². The molecule has 0 aliphatic rings. The Morgan fingerprint density at radius 2 is 2.08 bits per heavy atom. The lowest BCUT2D eigenvalue weighted by Gasteiger charge is -2.21. The van der Waals surface area contributed by atoms with Gasteiger partial charge in [0.2, 0.25) is 0 Å². The summed E-state index contributed by atoms with van der Waals surface area (Å²) in [6.07, 6.45) is 4.41. The number of aromatic nitrogens is 3. The van der Waals surface area contributed by atoms with Crippen molar-refractivity contribution in [1.29, 1.82) is 0 Å². The van der Waals surface area contributed by atoms with E-state index < -0.39 is 0 Å². The molecule has 0 amide bonds. The molecule has 0 saturated heterocycles. The summed E-state index contributed by atoms with van der Waals surface area (Å²) in [5.41, 5.74) is 1.24. The summed E-state index contributed by atoms with van der Waals surface area (Å²) in [4.78, 5) is 20.8. The molecule has 0 bridgehead atoms. The maximum Gasteiger partial charge on any atom is 0.269 e. The Bertz CT molecular complexity index is 740. The average molecular weight is 359 g/mol. The van der Waals surface area contributed by atoms with Crippen molar-refractivity contribution in [3.05, 3.63) is 52.1 Å². The third-order valence-corrected chi connectivity index (χ3v) is 4.08. The molecule has 0 radical (unpaired) electrons. The molecule has 1 N–H and O–H groups in total. The number of nitrogens with zero attached hydrogens (tertiary/aromatic N) is 6. The maximum absolute atomic E-state index is 10.7. The molecular weight excluding hydrogens is 334 g/mol. The molecule has 0 spiro atoms. The molecule has 1 aromatic carbocycles. The predicted octanol–water partition coefficient (Wildman–Crippen LogP) is 1.75. The number of rotatable bonds is 8. The summed E-state index contributed by atoms with van der Waals surface area (Å²) < 4.78 is 1.74. The first-order valence-corrected chi connectivity index (χ1v) is 8.49. The van der Waals surface area contributed by atoms with Gasteiger partial charge < -0.3 is 10.2 Å². The van der Waals surface area contributed by atoms with Crippen molar-refractivity contribution in [2.45, 2.75) is 25.8 Å². The summed E-state index contributed by atoms with van der Waals surface area (Å²) in [5.74, 6) is 1.68. The second kappa shape index (κ2) is 9.50.